The molecule has 1 amide bonds. The van der Waals surface area contributed by atoms with Crippen molar-refractivity contribution in [1.29, 1.82) is 0 Å². The van der Waals surface area contributed by atoms with Crippen LogP contribution < -0.4 is 10.1 Å². The van der Waals surface area contributed by atoms with Crippen molar-refractivity contribution in [2.24, 2.45) is 11.8 Å². The molecule has 1 aliphatic carbocycles. The van der Waals surface area contributed by atoms with Crippen molar-refractivity contribution in [1.82, 2.24) is 15.2 Å². The van der Waals surface area contributed by atoms with Gasteiger partial charge in [0.2, 0.25) is 11.9 Å². The van der Waals surface area contributed by atoms with E-state index in [-0.39, 0.29) is 24.8 Å². The first kappa shape index (κ1) is 14.6. The van der Waals surface area contributed by atoms with E-state index in [9.17, 15) is 18.0 Å². The first-order valence-corrected chi connectivity index (χ1v) is 6.26. The Bertz CT molecular complexity index is 474. The number of anilines is 1. The van der Waals surface area contributed by atoms with Crippen LogP contribution in [-0.2, 0) is 4.79 Å². The van der Waals surface area contributed by atoms with Gasteiger partial charge in [-0.1, -0.05) is 12.8 Å². The smallest absolute Gasteiger partial charge is 0.392 e. The fraction of sp³-hybridized carbons (Fsp3) is 0.727. The standard InChI is InChI=1S/C11H15F3N4O2/c1-20-10-16-9(17-18-10)15-8(19)6-4-2-3-5-7(6)11(12,13)14/h6-7H,2-5H2,1H3,(H2,15,16,17,18,19). The quantitative estimate of drug-likeness (QED) is 0.894. The van der Waals surface area contributed by atoms with E-state index < -0.39 is 23.9 Å². The molecule has 0 aliphatic heterocycles. The molecular weight excluding hydrogens is 277 g/mol. The molecule has 6 nitrogen and oxygen atoms in total. The van der Waals surface area contributed by atoms with Gasteiger partial charge in [-0.15, -0.1) is 5.10 Å². The molecule has 2 unspecified atom stereocenters. The molecule has 1 aromatic heterocycles. The van der Waals surface area contributed by atoms with Crippen LogP contribution >= 0.6 is 0 Å². The summed E-state index contributed by atoms with van der Waals surface area (Å²) < 4.78 is 43.5. The molecule has 1 aliphatic rings. The van der Waals surface area contributed by atoms with Crippen LogP contribution in [0, 0.1) is 11.8 Å². The van der Waals surface area contributed by atoms with Gasteiger partial charge in [-0.3, -0.25) is 10.1 Å². The summed E-state index contributed by atoms with van der Waals surface area (Å²) in [5.41, 5.74) is 0. The lowest BCUT2D eigenvalue weighted by molar-refractivity contribution is -0.197. The first-order chi connectivity index (χ1) is 9.41. The van der Waals surface area contributed by atoms with Crippen LogP contribution in [0.3, 0.4) is 0 Å². The van der Waals surface area contributed by atoms with Crippen molar-refractivity contribution in [2.45, 2.75) is 31.9 Å². The fourth-order valence-corrected chi connectivity index (χ4v) is 2.44. The van der Waals surface area contributed by atoms with E-state index in [2.05, 4.69) is 20.5 Å². The van der Waals surface area contributed by atoms with Gasteiger partial charge in [0.1, 0.15) is 0 Å². The zero-order valence-electron chi connectivity index (χ0n) is 10.8. The summed E-state index contributed by atoms with van der Waals surface area (Å²) >= 11 is 0. The Hall–Kier alpha value is -1.80. The number of nitrogens with zero attached hydrogens (tertiary/aromatic N) is 2. The van der Waals surface area contributed by atoms with Gasteiger partial charge in [0.05, 0.1) is 13.0 Å². The zero-order valence-corrected chi connectivity index (χ0v) is 10.8. The third kappa shape index (κ3) is 3.20. The second kappa shape index (κ2) is 5.68. The van der Waals surface area contributed by atoms with E-state index in [1.165, 1.54) is 7.11 Å². The van der Waals surface area contributed by atoms with Gasteiger partial charge < -0.3 is 4.74 Å². The van der Waals surface area contributed by atoms with Crippen molar-refractivity contribution in [3.63, 3.8) is 0 Å². The number of carbonyl (C=O) groups excluding carboxylic acids is 1. The third-order valence-corrected chi connectivity index (χ3v) is 3.41. The molecule has 0 aromatic carbocycles. The molecule has 1 saturated carbocycles. The van der Waals surface area contributed by atoms with Crippen LogP contribution in [-0.4, -0.2) is 34.4 Å². The Kier molecular flexibility index (Phi) is 4.15. The van der Waals surface area contributed by atoms with Crippen molar-refractivity contribution in [3.05, 3.63) is 0 Å². The topological polar surface area (TPSA) is 79.9 Å². The Morgan fingerprint density at radius 2 is 2.10 bits per heavy atom. The number of ether oxygens (including phenoxy) is 1. The van der Waals surface area contributed by atoms with Crippen LogP contribution in [0.15, 0.2) is 0 Å². The van der Waals surface area contributed by atoms with E-state index in [1.54, 1.807) is 0 Å². The molecule has 1 aromatic rings. The molecule has 0 radical (unpaired) electrons. The SMILES string of the molecule is COc1n[nH]c(NC(=O)C2CCCCC2C(F)(F)F)n1. The monoisotopic (exact) mass is 292 g/mol. The predicted octanol–water partition coefficient (Wildman–Crippen LogP) is 2.12. The summed E-state index contributed by atoms with van der Waals surface area (Å²) in [6.45, 7) is 0. The van der Waals surface area contributed by atoms with E-state index >= 15 is 0 Å². The van der Waals surface area contributed by atoms with Crippen molar-refractivity contribution < 1.29 is 22.7 Å². The average Bonchev–Trinajstić information content (AvgIpc) is 2.85. The lowest BCUT2D eigenvalue weighted by atomic mass is 9.78. The number of rotatable bonds is 3. The number of aromatic amines is 1. The van der Waals surface area contributed by atoms with E-state index in [4.69, 9.17) is 4.74 Å². The van der Waals surface area contributed by atoms with Gasteiger partial charge in [-0.2, -0.15) is 18.2 Å². The number of aromatic nitrogens is 3. The number of amides is 1. The largest absolute Gasteiger partial charge is 0.466 e. The average molecular weight is 292 g/mol. The molecule has 1 fully saturated rings. The minimum Gasteiger partial charge on any atom is -0.466 e. The van der Waals surface area contributed by atoms with Crippen molar-refractivity contribution in [3.8, 4) is 6.01 Å². The number of nitrogens with one attached hydrogen (secondary N) is 2. The van der Waals surface area contributed by atoms with Gasteiger partial charge in [0.15, 0.2) is 0 Å². The summed E-state index contributed by atoms with van der Waals surface area (Å²) in [5, 5.41) is 8.31. The molecule has 2 N–H and O–H groups in total. The van der Waals surface area contributed by atoms with Crippen LogP contribution in [0.25, 0.3) is 0 Å². The summed E-state index contributed by atoms with van der Waals surface area (Å²) in [4.78, 5) is 15.7. The first-order valence-electron chi connectivity index (χ1n) is 6.26. The summed E-state index contributed by atoms with van der Waals surface area (Å²) in [6.07, 6.45) is -3.04. The lowest BCUT2D eigenvalue weighted by Crippen LogP contribution is -2.39. The van der Waals surface area contributed by atoms with E-state index in [0.29, 0.717) is 12.8 Å². The Labute approximate surface area is 113 Å². The van der Waals surface area contributed by atoms with Gasteiger partial charge in [0, 0.05) is 5.92 Å². The molecule has 20 heavy (non-hydrogen) atoms. The summed E-state index contributed by atoms with van der Waals surface area (Å²) in [7, 11) is 1.34. The molecule has 1 heterocycles. The highest BCUT2D eigenvalue weighted by molar-refractivity contribution is 5.91. The third-order valence-electron chi connectivity index (χ3n) is 3.41. The molecule has 2 atom stereocenters. The molecule has 0 bridgehead atoms. The number of halogens is 3. The highest BCUT2D eigenvalue weighted by atomic mass is 19.4. The maximum atomic E-state index is 12.9. The number of H-pyrrole nitrogens is 1. The second-order valence-electron chi connectivity index (χ2n) is 4.70. The lowest BCUT2D eigenvalue weighted by Gasteiger charge is -2.31. The number of methoxy groups -OCH3 is 1. The molecule has 112 valence electrons. The Morgan fingerprint density at radius 1 is 1.40 bits per heavy atom. The number of hydrogen-bond acceptors (Lipinski definition) is 4. The molecule has 9 heteroatoms. The Morgan fingerprint density at radius 3 is 2.70 bits per heavy atom. The van der Waals surface area contributed by atoms with E-state index in [1.807, 2.05) is 0 Å². The van der Waals surface area contributed by atoms with Crippen LogP contribution in [0.5, 0.6) is 6.01 Å². The van der Waals surface area contributed by atoms with Gasteiger partial charge >= 0.3 is 12.2 Å². The van der Waals surface area contributed by atoms with Crippen LogP contribution in [0.2, 0.25) is 0 Å². The van der Waals surface area contributed by atoms with Gasteiger partial charge in [-0.05, 0) is 12.8 Å². The second-order valence-corrected chi connectivity index (χ2v) is 4.70. The van der Waals surface area contributed by atoms with Crippen LogP contribution in [0.1, 0.15) is 25.7 Å². The van der Waals surface area contributed by atoms with Crippen molar-refractivity contribution >= 4 is 11.9 Å². The highest BCUT2D eigenvalue weighted by Gasteiger charge is 2.48. The maximum absolute atomic E-state index is 12.9. The van der Waals surface area contributed by atoms with Gasteiger partial charge in [0.25, 0.3) is 0 Å². The minimum absolute atomic E-state index is 0.0105. The highest BCUT2D eigenvalue weighted by Crippen LogP contribution is 2.41. The molecule has 2 rings (SSSR count). The predicted molar refractivity (Wildman–Crippen MR) is 63.1 cm³/mol. The normalized spacial score (nSPS) is 23.4. The van der Waals surface area contributed by atoms with Crippen LogP contribution in [0.4, 0.5) is 19.1 Å². The number of hydrogen-bond donors (Lipinski definition) is 2. The number of alkyl halides is 3. The molecule has 0 spiro atoms. The summed E-state index contributed by atoms with van der Waals surface area (Å²) in [6, 6.07) is 0.0105. The molecule has 0 saturated heterocycles. The van der Waals surface area contributed by atoms with Gasteiger partial charge in [-0.25, -0.2) is 5.10 Å². The minimum atomic E-state index is -4.36. The Balaban J connectivity index is 2.06. The summed E-state index contributed by atoms with van der Waals surface area (Å²) in [5.74, 6) is -3.38. The molecular formula is C11H15F3N4O2. The van der Waals surface area contributed by atoms with E-state index in [0.717, 1.165) is 0 Å². The van der Waals surface area contributed by atoms with Crippen molar-refractivity contribution in [2.75, 3.05) is 12.4 Å². The fourth-order valence-electron chi connectivity index (χ4n) is 2.44. The maximum Gasteiger partial charge on any atom is 0.392 e. The zero-order chi connectivity index (χ0) is 14.8. The number of carbonyl (C=O) groups is 1.